The van der Waals surface area contributed by atoms with Crippen LogP contribution < -0.4 is 4.74 Å². The second-order valence-corrected chi connectivity index (χ2v) is 9.44. The van der Waals surface area contributed by atoms with E-state index in [-0.39, 0.29) is 0 Å². The Kier molecular flexibility index (Phi) is 12.5. The van der Waals surface area contributed by atoms with E-state index in [0.29, 0.717) is 30.0 Å². The summed E-state index contributed by atoms with van der Waals surface area (Å²) in [7, 11) is 0. The van der Waals surface area contributed by atoms with Crippen LogP contribution in [0.5, 0.6) is 11.5 Å². The van der Waals surface area contributed by atoms with Crippen LogP contribution >= 0.6 is 31.9 Å². The van der Waals surface area contributed by atoms with E-state index in [9.17, 15) is 0 Å². The highest BCUT2D eigenvalue weighted by Gasteiger charge is 2.04. The van der Waals surface area contributed by atoms with Crippen molar-refractivity contribution in [3.63, 3.8) is 0 Å². The molecule has 38 heavy (non-hydrogen) atoms. The second kappa shape index (κ2) is 15.8. The van der Waals surface area contributed by atoms with Gasteiger partial charge in [-0.1, -0.05) is 44.0 Å². The monoisotopic (exact) mass is 631 g/mol. The Bertz CT molecular complexity index is 1480. The number of nitriles is 2. The average Bonchev–Trinajstić information content (AvgIpc) is 2.93. The predicted molar refractivity (Wildman–Crippen MR) is 153 cm³/mol. The van der Waals surface area contributed by atoms with Crippen molar-refractivity contribution in [1.82, 2.24) is 9.97 Å². The summed E-state index contributed by atoms with van der Waals surface area (Å²) in [5.41, 5.74) is 4.65. The van der Waals surface area contributed by atoms with E-state index < -0.39 is 0 Å². The number of benzene rings is 2. The van der Waals surface area contributed by atoms with Gasteiger partial charge in [0.15, 0.2) is 0 Å². The molecule has 0 unspecified atom stereocenters. The van der Waals surface area contributed by atoms with E-state index >= 15 is 0 Å². The Morgan fingerprint density at radius 1 is 0.921 bits per heavy atom. The highest BCUT2D eigenvalue weighted by Crippen LogP contribution is 2.26. The summed E-state index contributed by atoms with van der Waals surface area (Å²) in [6.07, 6.45) is 6.62. The third-order valence-electron chi connectivity index (χ3n) is 4.97. The Balaban J connectivity index is 0.000000217. The minimum absolute atomic E-state index is 0.308. The number of ether oxygens (including phenoxy) is 1. The first-order valence-electron chi connectivity index (χ1n) is 11.1. The summed E-state index contributed by atoms with van der Waals surface area (Å²) in [6.45, 7) is 11.2. The molecule has 0 fully saturated rings. The normalized spacial score (nSPS) is 9.29. The molecule has 2 aromatic carbocycles. The molecular weight excluding hydrogens is 610 g/mol. The molecule has 0 aliphatic rings. The minimum atomic E-state index is 0.308. The van der Waals surface area contributed by atoms with Gasteiger partial charge in [0, 0.05) is 44.9 Å². The predicted octanol–water partition coefficient (Wildman–Crippen LogP) is 7.76. The van der Waals surface area contributed by atoms with Crippen molar-refractivity contribution in [2.45, 2.75) is 26.9 Å². The molecular formula is C29H23Br2N5O2. The summed E-state index contributed by atoms with van der Waals surface area (Å²) >= 11 is 6.75. The van der Waals surface area contributed by atoms with Crippen LogP contribution in [0, 0.1) is 43.1 Å². The fourth-order valence-corrected chi connectivity index (χ4v) is 3.56. The number of hydrogen-bond acceptors (Lipinski definition) is 6. The molecule has 0 bridgehead atoms. The molecule has 0 aliphatic heterocycles. The molecule has 0 saturated heterocycles. The lowest BCUT2D eigenvalue weighted by Gasteiger charge is -2.10. The molecule has 190 valence electrons. The lowest BCUT2D eigenvalue weighted by molar-refractivity contribution is 0.303. The van der Waals surface area contributed by atoms with E-state index in [4.69, 9.17) is 26.9 Å². The number of nitrogens with zero attached hydrogens (tertiary/aromatic N) is 5. The van der Waals surface area contributed by atoms with Crippen LogP contribution in [-0.4, -0.2) is 15.1 Å². The second-order valence-electron chi connectivity index (χ2n) is 7.73. The zero-order chi connectivity index (χ0) is 27.9. The molecule has 0 amide bonds. The van der Waals surface area contributed by atoms with Gasteiger partial charge in [0.25, 0.3) is 0 Å². The van der Waals surface area contributed by atoms with Gasteiger partial charge in [-0.3, -0.25) is 9.97 Å². The van der Waals surface area contributed by atoms with Crippen molar-refractivity contribution < 1.29 is 9.84 Å². The van der Waals surface area contributed by atoms with Gasteiger partial charge < -0.3 is 9.84 Å². The summed E-state index contributed by atoms with van der Waals surface area (Å²) < 4.78 is 7.70. The molecule has 0 spiro atoms. The number of phenols is 1. The van der Waals surface area contributed by atoms with Crippen LogP contribution in [0.25, 0.3) is 4.85 Å². The minimum Gasteiger partial charge on any atom is -0.508 e. The maximum absolute atomic E-state index is 9.07. The quantitative estimate of drug-likeness (QED) is 0.230. The number of halogens is 2. The largest absolute Gasteiger partial charge is 0.508 e. The Morgan fingerprint density at radius 2 is 1.58 bits per heavy atom. The molecule has 0 aliphatic carbocycles. The van der Waals surface area contributed by atoms with Crippen LogP contribution in [0.15, 0.2) is 82.3 Å². The van der Waals surface area contributed by atoms with Gasteiger partial charge in [-0.2, -0.15) is 10.5 Å². The fourth-order valence-electron chi connectivity index (χ4n) is 2.85. The van der Waals surface area contributed by atoms with Crippen LogP contribution in [0.1, 0.15) is 27.8 Å². The number of pyridine rings is 2. The van der Waals surface area contributed by atoms with Crippen LogP contribution in [-0.2, 0) is 13.0 Å². The summed E-state index contributed by atoms with van der Waals surface area (Å²) in [5, 5.41) is 25.9. The van der Waals surface area contributed by atoms with Gasteiger partial charge in [-0.05, 0) is 61.4 Å². The average molecular weight is 633 g/mol. The Labute approximate surface area is 239 Å². The van der Waals surface area contributed by atoms with Crippen molar-refractivity contribution in [2.24, 2.45) is 0 Å². The van der Waals surface area contributed by atoms with Gasteiger partial charge in [0.1, 0.15) is 24.2 Å². The number of aromatic nitrogens is 2. The van der Waals surface area contributed by atoms with Gasteiger partial charge in [-0.15, -0.1) is 0 Å². The highest BCUT2D eigenvalue weighted by atomic mass is 79.9. The van der Waals surface area contributed by atoms with Crippen LogP contribution in [0.2, 0.25) is 0 Å². The van der Waals surface area contributed by atoms with Gasteiger partial charge in [0.2, 0.25) is 5.69 Å². The van der Waals surface area contributed by atoms with Crippen molar-refractivity contribution in [3.8, 4) is 23.6 Å². The standard InChI is InChI=1S/C14H11BrN2O.C8H5N3.C7H7BrO/c1-10-13(15)4-3-5-14(10)18-9-11-6-12(16-2)8-17-7-11;9-2-1-7-3-8(4-10)6-11-5-7;1-5-6(8)3-2-4-7(5)9/h3-8H,9H2,1H3;3,5-6H,1H2;2-4,9H,1H3. The van der Waals surface area contributed by atoms with Gasteiger partial charge >= 0.3 is 0 Å². The van der Waals surface area contributed by atoms with E-state index in [2.05, 4.69) is 46.7 Å². The SMILES string of the molecule is Cc1c(O)cccc1Br.N#CCc1cncc(C#N)c1.[C-]#[N+]c1cncc(COc2cccc(Br)c2C)c1. The molecule has 4 rings (SSSR count). The van der Waals surface area contributed by atoms with Crippen molar-refractivity contribution in [2.75, 3.05) is 0 Å². The van der Waals surface area contributed by atoms with Crippen molar-refractivity contribution >= 4 is 37.5 Å². The fraction of sp³-hybridized carbons (Fsp3) is 0.138. The van der Waals surface area contributed by atoms with Gasteiger partial charge in [0.05, 0.1) is 24.6 Å². The third kappa shape index (κ3) is 9.67. The molecule has 9 heteroatoms. The zero-order valence-corrected chi connectivity index (χ0v) is 23.9. The summed E-state index contributed by atoms with van der Waals surface area (Å²) in [6, 6.07) is 18.6. The number of rotatable bonds is 4. The van der Waals surface area contributed by atoms with E-state index in [1.807, 2.05) is 50.3 Å². The Morgan fingerprint density at radius 3 is 2.21 bits per heavy atom. The molecule has 4 aromatic rings. The maximum Gasteiger partial charge on any atom is 0.205 e. The lowest BCUT2D eigenvalue weighted by atomic mass is 10.2. The van der Waals surface area contributed by atoms with Crippen molar-refractivity contribution in [3.05, 3.63) is 121 Å². The van der Waals surface area contributed by atoms with E-state index in [1.54, 1.807) is 42.9 Å². The molecule has 0 radical (unpaired) electrons. The smallest absolute Gasteiger partial charge is 0.205 e. The van der Waals surface area contributed by atoms with Crippen LogP contribution in [0.4, 0.5) is 5.69 Å². The third-order valence-corrected chi connectivity index (χ3v) is 6.69. The van der Waals surface area contributed by atoms with E-state index in [1.165, 1.54) is 6.20 Å². The lowest BCUT2D eigenvalue weighted by Crippen LogP contribution is -1.97. The molecule has 1 N–H and O–H groups in total. The molecule has 0 atom stereocenters. The summed E-state index contributed by atoms with van der Waals surface area (Å²) in [5.74, 6) is 1.17. The molecule has 7 nitrogen and oxygen atoms in total. The number of hydrogen-bond donors (Lipinski definition) is 1. The molecule has 2 heterocycles. The molecule has 2 aromatic heterocycles. The summed E-state index contributed by atoms with van der Waals surface area (Å²) in [4.78, 5) is 11.1. The maximum atomic E-state index is 9.07. The first-order chi connectivity index (χ1) is 18.3. The Hall–Kier alpha value is -4.23. The molecule has 0 saturated carbocycles. The number of phenolic OH excluding ortho intramolecular Hbond substituents is 1. The first kappa shape index (κ1) is 30.0. The van der Waals surface area contributed by atoms with Crippen molar-refractivity contribution in [1.29, 1.82) is 10.5 Å². The highest BCUT2D eigenvalue weighted by molar-refractivity contribution is 9.10. The number of aromatic hydroxyl groups is 1. The zero-order valence-electron chi connectivity index (χ0n) is 20.7. The first-order valence-corrected chi connectivity index (χ1v) is 12.7. The van der Waals surface area contributed by atoms with Crippen LogP contribution in [0.3, 0.4) is 0 Å². The van der Waals surface area contributed by atoms with Gasteiger partial charge in [-0.25, -0.2) is 4.85 Å². The van der Waals surface area contributed by atoms with E-state index in [0.717, 1.165) is 36.9 Å². The topological polar surface area (TPSA) is 107 Å².